The topological polar surface area (TPSA) is 95.5 Å². The van der Waals surface area contributed by atoms with Crippen LogP contribution in [-0.4, -0.2) is 35.0 Å². The zero-order valence-electron chi connectivity index (χ0n) is 16.1. The molecule has 148 valence electrons. The van der Waals surface area contributed by atoms with Crippen LogP contribution in [0.5, 0.6) is 0 Å². The van der Waals surface area contributed by atoms with Gasteiger partial charge in [-0.1, -0.05) is 44.7 Å². The van der Waals surface area contributed by atoms with Crippen LogP contribution in [0.1, 0.15) is 74.2 Å². The number of carbonyl (C=O) groups is 3. The number of hydrogen-bond donors (Lipinski definition) is 3. The van der Waals surface area contributed by atoms with Gasteiger partial charge in [0, 0.05) is 13.0 Å². The number of amides is 2. The van der Waals surface area contributed by atoms with E-state index in [0.29, 0.717) is 25.8 Å². The van der Waals surface area contributed by atoms with E-state index in [4.69, 9.17) is 5.11 Å². The van der Waals surface area contributed by atoms with Crippen molar-refractivity contribution in [1.29, 1.82) is 0 Å². The lowest BCUT2D eigenvalue weighted by Gasteiger charge is -2.36. The van der Waals surface area contributed by atoms with E-state index in [-0.39, 0.29) is 23.8 Å². The number of unbranched alkanes of at least 4 members (excludes halogenated alkanes) is 1. The van der Waals surface area contributed by atoms with Crippen molar-refractivity contribution in [3.8, 4) is 0 Å². The quantitative estimate of drug-likeness (QED) is 0.579. The molecule has 2 rings (SSSR count). The minimum absolute atomic E-state index is 0.0604. The summed E-state index contributed by atoms with van der Waals surface area (Å²) in [7, 11) is 0. The summed E-state index contributed by atoms with van der Waals surface area (Å²) in [6, 6.07) is 6.54. The number of hydrogen-bond acceptors (Lipinski definition) is 3. The molecule has 0 atom stereocenters. The van der Waals surface area contributed by atoms with Gasteiger partial charge in [-0.25, -0.2) is 4.79 Å². The number of nitrogens with one attached hydrogen (secondary N) is 2. The Kier molecular flexibility index (Phi) is 7.82. The molecule has 27 heavy (non-hydrogen) atoms. The van der Waals surface area contributed by atoms with Crippen molar-refractivity contribution in [3.63, 3.8) is 0 Å². The number of carboxylic acids is 1. The summed E-state index contributed by atoms with van der Waals surface area (Å²) in [6.45, 7) is 2.72. The normalized spacial score (nSPS) is 15.7. The lowest BCUT2D eigenvalue weighted by atomic mass is 9.80. The molecule has 1 fully saturated rings. The van der Waals surface area contributed by atoms with E-state index >= 15 is 0 Å². The minimum Gasteiger partial charge on any atom is -0.478 e. The molecule has 1 saturated carbocycles. The van der Waals surface area contributed by atoms with Crippen molar-refractivity contribution in [1.82, 2.24) is 10.6 Å². The van der Waals surface area contributed by atoms with Gasteiger partial charge in [-0.05, 0) is 43.4 Å². The zero-order valence-corrected chi connectivity index (χ0v) is 16.1. The Bertz CT molecular complexity index is 649. The fraction of sp³-hybridized carbons (Fsp3) is 0.571. The molecular formula is C21H30N2O4. The van der Waals surface area contributed by atoms with Gasteiger partial charge in [0.1, 0.15) is 5.54 Å². The smallest absolute Gasteiger partial charge is 0.335 e. The fourth-order valence-electron chi connectivity index (χ4n) is 3.51. The van der Waals surface area contributed by atoms with Gasteiger partial charge < -0.3 is 15.7 Å². The number of aromatic carboxylic acids is 1. The van der Waals surface area contributed by atoms with Crippen LogP contribution in [0.3, 0.4) is 0 Å². The molecule has 1 aliphatic carbocycles. The first-order chi connectivity index (χ1) is 13.0. The Hall–Kier alpha value is -2.37. The van der Waals surface area contributed by atoms with E-state index in [9.17, 15) is 14.4 Å². The van der Waals surface area contributed by atoms with Crippen LogP contribution in [0.2, 0.25) is 0 Å². The number of rotatable bonds is 9. The van der Waals surface area contributed by atoms with E-state index in [2.05, 4.69) is 17.6 Å². The molecule has 0 spiro atoms. The molecule has 0 saturated heterocycles. The molecule has 1 aliphatic rings. The summed E-state index contributed by atoms with van der Waals surface area (Å²) in [5.74, 6) is -1.16. The highest BCUT2D eigenvalue weighted by Crippen LogP contribution is 2.28. The largest absolute Gasteiger partial charge is 0.478 e. The van der Waals surface area contributed by atoms with E-state index in [1.807, 2.05) is 0 Å². The predicted octanol–water partition coefficient (Wildman–Crippen LogP) is 3.05. The monoisotopic (exact) mass is 374 g/mol. The summed E-state index contributed by atoms with van der Waals surface area (Å²) in [5, 5.41) is 14.9. The highest BCUT2D eigenvalue weighted by molar-refractivity contribution is 5.91. The molecule has 0 heterocycles. The molecule has 0 unspecified atom stereocenters. The Morgan fingerprint density at radius 3 is 2.33 bits per heavy atom. The molecule has 0 bridgehead atoms. The highest BCUT2D eigenvalue weighted by atomic mass is 16.4. The third-order valence-electron chi connectivity index (χ3n) is 5.18. The van der Waals surface area contributed by atoms with Crippen molar-refractivity contribution in [2.24, 2.45) is 0 Å². The molecule has 0 aliphatic heterocycles. The molecule has 0 radical (unpaired) electrons. The van der Waals surface area contributed by atoms with E-state index < -0.39 is 11.5 Å². The maximum Gasteiger partial charge on any atom is 0.335 e. The van der Waals surface area contributed by atoms with Crippen LogP contribution in [-0.2, 0) is 16.0 Å². The average molecular weight is 374 g/mol. The van der Waals surface area contributed by atoms with E-state index in [1.165, 1.54) is 0 Å². The Morgan fingerprint density at radius 1 is 1.07 bits per heavy atom. The Morgan fingerprint density at radius 2 is 1.74 bits per heavy atom. The summed E-state index contributed by atoms with van der Waals surface area (Å²) >= 11 is 0. The van der Waals surface area contributed by atoms with Gasteiger partial charge in [0.05, 0.1) is 5.56 Å². The summed E-state index contributed by atoms with van der Waals surface area (Å²) in [5.41, 5.74) is 0.351. The Labute approximate surface area is 160 Å². The van der Waals surface area contributed by atoms with Gasteiger partial charge in [0.2, 0.25) is 11.8 Å². The summed E-state index contributed by atoms with van der Waals surface area (Å²) in [6.07, 6.45) is 7.08. The molecule has 2 amide bonds. The SMILES string of the molecule is CCCCNC(=O)C1(NC(=O)CCc2ccc(C(=O)O)cc2)CCCCC1. The van der Waals surface area contributed by atoms with Gasteiger partial charge in [-0.15, -0.1) is 0 Å². The van der Waals surface area contributed by atoms with Crippen LogP contribution in [0.4, 0.5) is 0 Å². The van der Waals surface area contributed by atoms with Crippen molar-refractivity contribution in [3.05, 3.63) is 35.4 Å². The van der Waals surface area contributed by atoms with Crippen molar-refractivity contribution in [2.45, 2.75) is 70.3 Å². The van der Waals surface area contributed by atoms with Crippen LogP contribution < -0.4 is 10.6 Å². The maximum atomic E-state index is 12.7. The molecule has 6 heteroatoms. The van der Waals surface area contributed by atoms with E-state index in [0.717, 1.165) is 37.7 Å². The van der Waals surface area contributed by atoms with Crippen LogP contribution in [0.25, 0.3) is 0 Å². The predicted molar refractivity (Wildman–Crippen MR) is 104 cm³/mol. The number of carbonyl (C=O) groups excluding carboxylic acids is 2. The van der Waals surface area contributed by atoms with Gasteiger partial charge in [0.25, 0.3) is 0 Å². The molecule has 0 aromatic heterocycles. The first-order valence-electron chi connectivity index (χ1n) is 9.88. The van der Waals surface area contributed by atoms with Crippen molar-refractivity contribution >= 4 is 17.8 Å². The first kappa shape index (κ1) is 20.9. The minimum atomic E-state index is -0.965. The van der Waals surface area contributed by atoms with Crippen molar-refractivity contribution < 1.29 is 19.5 Å². The number of benzene rings is 1. The van der Waals surface area contributed by atoms with Gasteiger partial charge in [0.15, 0.2) is 0 Å². The standard InChI is InChI=1S/C21H30N2O4/c1-2-3-15-22-20(27)21(13-5-4-6-14-21)23-18(24)12-9-16-7-10-17(11-8-16)19(25)26/h7-8,10-11H,2-6,9,12-15H2,1H3,(H,22,27)(H,23,24)(H,25,26). The highest BCUT2D eigenvalue weighted by Gasteiger charge is 2.40. The molecule has 3 N–H and O–H groups in total. The second-order valence-electron chi connectivity index (χ2n) is 7.30. The maximum absolute atomic E-state index is 12.7. The molecule has 1 aromatic carbocycles. The summed E-state index contributed by atoms with van der Waals surface area (Å²) < 4.78 is 0. The van der Waals surface area contributed by atoms with Gasteiger partial charge in [-0.2, -0.15) is 0 Å². The average Bonchev–Trinajstić information content (AvgIpc) is 2.67. The second-order valence-corrected chi connectivity index (χ2v) is 7.30. The first-order valence-corrected chi connectivity index (χ1v) is 9.88. The number of aryl methyl sites for hydroxylation is 1. The zero-order chi connectivity index (χ0) is 19.7. The van der Waals surface area contributed by atoms with Gasteiger partial charge in [-0.3, -0.25) is 9.59 Å². The third kappa shape index (κ3) is 6.08. The lowest BCUT2D eigenvalue weighted by molar-refractivity contribution is -0.135. The van der Waals surface area contributed by atoms with Crippen LogP contribution in [0, 0.1) is 0 Å². The van der Waals surface area contributed by atoms with Gasteiger partial charge >= 0.3 is 5.97 Å². The van der Waals surface area contributed by atoms with Crippen LogP contribution in [0.15, 0.2) is 24.3 Å². The number of carboxylic acid groups (broad SMARTS) is 1. The van der Waals surface area contributed by atoms with Crippen LogP contribution >= 0.6 is 0 Å². The third-order valence-corrected chi connectivity index (χ3v) is 5.18. The summed E-state index contributed by atoms with van der Waals surface area (Å²) in [4.78, 5) is 36.1. The molecule has 6 nitrogen and oxygen atoms in total. The molecule has 1 aromatic rings. The second kappa shape index (κ2) is 10.1. The van der Waals surface area contributed by atoms with Crippen molar-refractivity contribution in [2.75, 3.05) is 6.54 Å². The van der Waals surface area contributed by atoms with E-state index in [1.54, 1.807) is 24.3 Å². The Balaban J connectivity index is 1.92. The fourth-order valence-corrected chi connectivity index (χ4v) is 3.51. The lowest BCUT2D eigenvalue weighted by Crippen LogP contribution is -2.59. The molecular weight excluding hydrogens is 344 g/mol.